The summed E-state index contributed by atoms with van der Waals surface area (Å²) in [5.74, 6) is 1.12. The molecule has 0 radical (unpaired) electrons. The Hall–Kier alpha value is -1.90. The predicted molar refractivity (Wildman–Crippen MR) is 65.8 cm³/mol. The van der Waals surface area contributed by atoms with Gasteiger partial charge in [-0.1, -0.05) is 6.08 Å². The average molecular weight is 227 g/mol. The molecule has 3 nitrogen and oxygen atoms in total. The molecule has 0 unspecified atom stereocenters. The molecule has 0 aromatic heterocycles. The molecular formula is C14H13NO2. The molecule has 2 aliphatic carbocycles. The monoisotopic (exact) mass is 227 g/mol. The van der Waals surface area contributed by atoms with E-state index in [9.17, 15) is 4.79 Å². The molecule has 3 aliphatic rings. The Morgan fingerprint density at radius 3 is 2.94 bits per heavy atom. The van der Waals surface area contributed by atoms with Crippen LogP contribution in [0.15, 0.2) is 52.3 Å². The van der Waals surface area contributed by atoms with Crippen LogP contribution in [0.5, 0.6) is 0 Å². The number of methoxy groups -OCH3 is 1. The largest absolute Gasteiger partial charge is 0.497 e. The molecule has 86 valence electrons. The van der Waals surface area contributed by atoms with Crippen molar-refractivity contribution in [2.45, 2.75) is 13.0 Å². The number of fused-ring (bicyclic) bond motifs is 3. The Bertz CT molecular complexity index is 547. The number of allylic oxidation sites excluding steroid dienone is 4. The molecule has 17 heavy (non-hydrogen) atoms. The molecule has 1 aliphatic heterocycles. The molecule has 0 amide bonds. The maximum Gasteiger partial charge on any atom is 0.181 e. The molecule has 0 bridgehead atoms. The average Bonchev–Trinajstić information content (AvgIpc) is 2.66. The van der Waals surface area contributed by atoms with E-state index >= 15 is 0 Å². The number of rotatable bonds is 1. The summed E-state index contributed by atoms with van der Waals surface area (Å²) in [7, 11) is 1.65. The van der Waals surface area contributed by atoms with E-state index < -0.39 is 0 Å². The van der Waals surface area contributed by atoms with Crippen LogP contribution in [0, 0.1) is 5.92 Å². The first-order chi connectivity index (χ1) is 8.19. The molecule has 3 rings (SSSR count). The van der Waals surface area contributed by atoms with E-state index in [1.165, 1.54) is 0 Å². The molecule has 0 aromatic rings. The lowest BCUT2D eigenvalue weighted by atomic mass is 9.85. The lowest BCUT2D eigenvalue weighted by molar-refractivity contribution is -0.111. The summed E-state index contributed by atoms with van der Waals surface area (Å²) in [5.41, 5.74) is 2.73. The molecule has 2 atom stereocenters. The van der Waals surface area contributed by atoms with Gasteiger partial charge in [-0.05, 0) is 42.4 Å². The molecular weight excluding hydrogens is 214 g/mol. The molecule has 0 saturated carbocycles. The topological polar surface area (TPSA) is 38.7 Å². The van der Waals surface area contributed by atoms with E-state index in [2.05, 4.69) is 11.1 Å². The van der Waals surface area contributed by atoms with Gasteiger partial charge in [0.1, 0.15) is 5.76 Å². The number of hydrogen-bond acceptors (Lipinski definition) is 3. The van der Waals surface area contributed by atoms with Crippen LogP contribution in [0.2, 0.25) is 0 Å². The van der Waals surface area contributed by atoms with Crippen molar-refractivity contribution >= 4 is 11.5 Å². The minimum absolute atomic E-state index is 0.0751. The van der Waals surface area contributed by atoms with Gasteiger partial charge >= 0.3 is 0 Å². The maximum absolute atomic E-state index is 11.7. The summed E-state index contributed by atoms with van der Waals surface area (Å²) < 4.78 is 5.20. The number of carbonyl (C=O) groups excluding carboxylic acids is 1. The van der Waals surface area contributed by atoms with Gasteiger partial charge in [0.2, 0.25) is 0 Å². The summed E-state index contributed by atoms with van der Waals surface area (Å²) in [6, 6.07) is 0.0751. The fourth-order valence-electron chi connectivity index (χ4n) is 2.41. The zero-order valence-corrected chi connectivity index (χ0v) is 9.81. The first kappa shape index (κ1) is 10.3. The fraction of sp³-hybridized carbons (Fsp3) is 0.286. The molecule has 1 heterocycles. The zero-order valence-electron chi connectivity index (χ0n) is 9.81. The second-order valence-electron chi connectivity index (χ2n) is 4.45. The summed E-state index contributed by atoms with van der Waals surface area (Å²) in [4.78, 5) is 16.3. The third kappa shape index (κ3) is 1.50. The highest BCUT2D eigenvalue weighted by Crippen LogP contribution is 2.35. The third-order valence-corrected chi connectivity index (χ3v) is 3.38. The van der Waals surface area contributed by atoms with Gasteiger partial charge < -0.3 is 4.74 Å². The zero-order chi connectivity index (χ0) is 12.0. The highest BCUT2D eigenvalue weighted by atomic mass is 16.5. The number of ether oxygens (including phenoxy) is 1. The van der Waals surface area contributed by atoms with E-state index in [1.807, 2.05) is 25.2 Å². The molecule has 0 N–H and O–H groups in total. The smallest absolute Gasteiger partial charge is 0.181 e. The Labute approximate surface area is 99.9 Å². The van der Waals surface area contributed by atoms with Gasteiger partial charge in [0.25, 0.3) is 0 Å². The van der Waals surface area contributed by atoms with Gasteiger partial charge in [-0.2, -0.15) is 0 Å². The predicted octanol–water partition coefficient (Wildman–Crippen LogP) is 1.98. The van der Waals surface area contributed by atoms with Gasteiger partial charge in [0.15, 0.2) is 5.78 Å². The maximum atomic E-state index is 11.7. The second kappa shape index (κ2) is 3.55. The van der Waals surface area contributed by atoms with Crippen molar-refractivity contribution in [3.05, 3.63) is 47.3 Å². The quantitative estimate of drug-likeness (QED) is 0.642. The summed E-state index contributed by atoms with van der Waals surface area (Å²) >= 11 is 0. The van der Waals surface area contributed by atoms with Crippen LogP contribution in [0.4, 0.5) is 0 Å². The van der Waals surface area contributed by atoms with Gasteiger partial charge in [-0.3, -0.25) is 9.79 Å². The number of carbonyl (C=O) groups is 1. The van der Waals surface area contributed by atoms with Crippen LogP contribution in [0.1, 0.15) is 6.92 Å². The van der Waals surface area contributed by atoms with Crippen LogP contribution in [-0.4, -0.2) is 24.6 Å². The van der Waals surface area contributed by atoms with Crippen molar-refractivity contribution < 1.29 is 9.53 Å². The number of hydrogen-bond donors (Lipinski definition) is 0. The first-order valence-electron chi connectivity index (χ1n) is 5.65. The van der Waals surface area contributed by atoms with Crippen molar-refractivity contribution in [1.82, 2.24) is 0 Å². The lowest BCUT2D eigenvalue weighted by Gasteiger charge is -2.18. The van der Waals surface area contributed by atoms with Crippen molar-refractivity contribution in [1.29, 1.82) is 0 Å². The summed E-state index contributed by atoms with van der Waals surface area (Å²) in [6.45, 7) is 1.83. The van der Waals surface area contributed by atoms with Crippen LogP contribution in [0.25, 0.3) is 0 Å². The Morgan fingerprint density at radius 2 is 2.18 bits per heavy atom. The first-order valence-corrected chi connectivity index (χ1v) is 5.65. The van der Waals surface area contributed by atoms with Crippen LogP contribution < -0.4 is 0 Å². The standard InChI is InChI=1S/C14H13NO2/c1-8-5-12-11(7-14(8)16)10-4-3-9(17-2)6-13(10)15-12/h3-7,10,13H,1-2H3/t10-,13-/m0/s1. The molecule has 0 saturated heterocycles. The van der Waals surface area contributed by atoms with Gasteiger partial charge in [-0.15, -0.1) is 0 Å². The van der Waals surface area contributed by atoms with Crippen LogP contribution in [-0.2, 0) is 9.53 Å². The molecule has 0 aromatic carbocycles. The van der Waals surface area contributed by atoms with E-state index in [-0.39, 0.29) is 17.7 Å². The number of aliphatic imine (C=N–C) groups is 1. The minimum Gasteiger partial charge on any atom is -0.497 e. The highest BCUT2D eigenvalue weighted by Gasteiger charge is 2.34. The van der Waals surface area contributed by atoms with Gasteiger partial charge in [0.05, 0.1) is 18.9 Å². The van der Waals surface area contributed by atoms with Crippen molar-refractivity contribution in [2.75, 3.05) is 7.11 Å². The van der Waals surface area contributed by atoms with Crippen molar-refractivity contribution in [3.63, 3.8) is 0 Å². The van der Waals surface area contributed by atoms with E-state index in [1.54, 1.807) is 13.2 Å². The summed E-state index contributed by atoms with van der Waals surface area (Å²) in [5, 5.41) is 0. The second-order valence-corrected chi connectivity index (χ2v) is 4.45. The lowest BCUT2D eigenvalue weighted by Crippen LogP contribution is -2.18. The number of ketones is 1. The van der Waals surface area contributed by atoms with E-state index in [0.29, 0.717) is 0 Å². The SMILES string of the molecule is COC1=C[C@@H]2N=C3C=C(C)C(=O)C=C3[C@@H]2C=C1. The molecule has 0 spiro atoms. The summed E-state index contributed by atoms with van der Waals surface area (Å²) in [6.07, 6.45) is 9.60. The van der Waals surface area contributed by atoms with Crippen LogP contribution in [0.3, 0.4) is 0 Å². The number of nitrogens with zero attached hydrogens (tertiary/aromatic N) is 1. The Morgan fingerprint density at radius 1 is 1.35 bits per heavy atom. The highest BCUT2D eigenvalue weighted by molar-refractivity contribution is 6.23. The van der Waals surface area contributed by atoms with Crippen molar-refractivity contribution in [2.24, 2.45) is 10.9 Å². The van der Waals surface area contributed by atoms with Crippen molar-refractivity contribution in [3.8, 4) is 0 Å². The third-order valence-electron chi connectivity index (χ3n) is 3.38. The fourth-order valence-corrected chi connectivity index (χ4v) is 2.41. The van der Waals surface area contributed by atoms with Gasteiger partial charge in [-0.25, -0.2) is 0 Å². The molecule has 3 heteroatoms. The van der Waals surface area contributed by atoms with Crippen LogP contribution >= 0.6 is 0 Å². The van der Waals surface area contributed by atoms with Gasteiger partial charge in [0, 0.05) is 5.92 Å². The normalized spacial score (nSPS) is 29.9. The molecule has 0 fully saturated rings. The Kier molecular flexibility index (Phi) is 2.15. The Balaban J connectivity index is 2.02. The van der Waals surface area contributed by atoms with E-state index in [0.717, 1.165) is 22.6 Å². The minimum atomic E-state index is 0.0751. The van der Waals surface area contributed by atoms with E-state index in [4.69, 9.17) is 4.74 Å².